The quantitative estimate of drug-likeness (QED) is 0.865. The molecule has 1 heterocycles. The van der Waals surface area contributed by atoms with Crippen molar-refractivity contribution in [1.82, 2.24) is 5.32 Å². The van der Waals surface area contributed by atoms with E-state index in [0.717, 1.165) is 22.1 Å². The van der Waals surface area contributed by atoms with Crippen LogP contribution in [0.4, 0.5) is 10.1 Å². The highest BCUT2D eigenvalue weighted by Gasteiger charge is 2.24. The van der Waals surface area contributed by atoms with Gasteiger partial charge >= 0.3 is 0 Å². The first-order valence-corrected chi connectivity index (χ1v) is 9.29. The Bertz CT molecular complexity index is 785. The van der Waals surface area contributed by atoms with E-state index >= 15 is 0 Å². The maximum Gasteiger partial charge on any atom is 0.264 e. The molecule has 124 valence electrons. The standard InChI is InChI=1S/C15H17FN2O3S2/c1-3-8-17-15(19)14-9-13(10-22-14)23(20,21)18(2)12-6-4-11(16)5-7-12/h4-7,9-10H,3,8H2,1-2H3,(H,17,19). The number of sulfonamides is 1. The van der Waals surface area contributed by atoms with Gasteiger partial charge in [0.2, 0.25) is 0 Å². The normalized spacial score (nSPS) is 11.3. The van der Waals surface area contributed by atoms with Crippen LogP contribution >= 0.6 is 11.3 Å². The predicted octanol–water partition coefficient (Wildman–Crippen LogP) is 2.85. The second-order valence-corrected chi connectivity index (χ2v) is 7.73. The lowest BCUT2D eigenvalue weighted by Gasteiger charge is -2.18. The van der Waals surface area contributed by atoms with E-state index in [9.17, 15) is 17.6 Å². The molecule has 0 saturated heterocycles. The number of halogens is 1. The molecule has 8 heteroatoms. The van der Waals surface area contributed by atoms with Crippen molar-refractivity contribution < 1.29 is 17.6 Å². The van der Waals surface area contributed by atoms with Gasteiger partial charge in [-0.05, 0) is 36.8 Å². The molecule has 0 bridgehead atoms. The number of hydrogen-bond donors (Lipinski definition) is 1. The molecule has 1 aromatic heterocycles. The number of nitrogens with one attached hydrogen (secondary N) is 1. The van der Waals surface area contributed by atoms with Gasteiger partial charge in [-0.25, -0.2) is 12.8 Å². The minimum atomic E-state index is -3.80. The average molecular weight is 356 g/mol. The second kappa shape index (κ2) is 7.10. The Hall–Kier alpha value is -1.93. The maximum atomic E-state index is 13.0. The van der Waals surface area contributed by atoms with E-state index in [1.165, 1.54) is 42.8 Å². The van der Waals surface area contributed by atoms with Gasteiger partial charge in [-0.15, -0.1) is 11.3 Å². The van der Waals surface area contributed by atoms with Crippen molar-refractivity contribution in [3.05, 3.63) is 46.4 Å². The molecule has 1 N–H and O–H groups in total. The number of benzene rings is 1. The Balaban J connectivity index is 2.24. The van der Waals surface area contributed by atoms with Gasteiger partial charge < -0.3 is 5.32 Å². The molecule has 23 heavy (non-hydrogen) atoms. The van der Waals surface area contributed by atoms with Gasteiger partial charge in [0, 0.05) is 19.0 Å². The van der Waals surface area contributed by atoms with E-state index in [2.05, 4.69) is 5.32 Å². The number of nitrogens with zero attached hydrogens (tertiary/aromatic N) is 1. The molecule has 0 aliphatic carbocycles. The molecule has 0 fully saturated rings. The Kier molecular flexibility index (Phi) is 5.38. The second-order valence-electron chi connectivity index (χ2n) is 4.85. The number of amides is 1. The number of carbonyl (C=O) groups is 1. The van der Waals surface area contributed by atoms with Crippen LogP contribution in [-0.4, -0.2) is 27.9 Å². The predicted molar refractivity (Wildman–Crippen MR) is 88.9 cm³/mol. The lowest BCUT2D eigenvalue weighted by atomic mass is 10.3. The monoisotopic (exact) mass is 356 g/mol. The molecule has 0 atom stereocenters. The number of anilines is 1. The van der Waals surface area contributed by atoms with Gasteiger partial charge in [0.15, 0.2) is 0 Å². The Morgan fingerprint density at radius 3 is 2.57 bits per heavy atom. The van der Waals surface area contributed by atoms with Gasteiger partial charge in [0.05, 0.1) is 15.5 Å². The van der Waals surface area contributed by atoms with E-state index in [-0.39, 0.29) is 10.8 Å². The summed E-state index contributed by atoms with van der Waals surface area (Å²) in [6, 6.07) is 6.50. The van der Waals surface area contributed by atoms with E-state index in [0.29, 0.717) is 17.1 Å². The lowest BCUT2D eigenvalue weighted by molar-refractivity contribution is 0.0957. The molecule has 1 aromatic carbocycles. The number of hydrogen-bond acceptors (Lipinski definition) is 4. The fraction of sp³-hybridized carbons (Fsp3) is 0.267. The van der Waals surface area contributed by atoms with Crippen molar-refractivity contribution in [1.29, 1.82) is 0 Å². The first-order chi connectivity index (χ1) is 10.9. The number of rotatable bonds is 6. The summed E-state index contributed by atoms with van der Waals surface area (Å²) in [5.74, 6) is -0.729. The zero-order valence-corrected chi connectivity index (χ0v) is 14.4. The third-order valence-electron chi connectivity index (χ3n) is 3.18. The van der Waals surface area contributed by atoms with Crippen molar-refractivity contribution >= 4 is 33.0 Å². The highest BCUT2D eigenvalue weighted by molar-refractivity contribution is 7.93. The van der Waals surface area contributed by atoms with Gasteiger partial charge in [-0.3, -0.25) is 9.10 Å². The molecular formula is C15H17FN2O3S2. The Labute approximate surface area is 138 Å². The lowest BCUT2D eigenvalue weighted by Crippen LogP contribution is -2.26. The Morgan fingerprint density at radius 2 is 1.96 bits per heavy atom. The molecule has 2 rings (SSSR count). The summed E-state index contributed by atoms with van der Waals surface area (Å²) in [7, 11) is -2.41. The summed E-state index contributed by atoms with van der Waals surface area (Å²) >= 11 is 1.07. The van der Waals surface area contributed by atoms with Gasteiger partial charge in [-0.1, -0.05) is 6.92 Å². The topological polar surface area (TPSA) is 66.5 Å². The van der Waals surface area contributed by atoms with E-state index in [1.54, 1.807) is 0 Å². The minimum Gasteiger partial charge on any atom is -0.351 e. The summed E-state index contributed by atoms with van der Waals surface area (Å²) < 4.78 is 39.2. The number of carbonyl (C=O) groups excluding carboxylic acids is 1. The van der Waals surface area contributed by atoms with Crippen molar-refractivity contribution in [3.8, 4) is 0 Å². The van der Waals surface area contributed by atoms with E-state index in [4.69, 9.17) is 0 Å². The van der Waals surface area contributed by atoms with Crippen LogP contribution < -0.4 is 9.62 Å². The van der Waals surface area contributed by atoms with Gasteiger partial charge in [-0.2, -0.15) is 0 Å². The first-order valence-electron chi connectivity index (χ1n) is 6.97. The van der Waals surface area contributed by atoms with Crippen LogP contribution in [0.5, 0.6) is 0 Å². The fourth-order valence-electron chi connectivity index (χ4n) is 1.85. The van der Waals surface area contributed by atoms with Crippen LogP contribution in [0.3, 0.4) is 0 Å². The van der Waals surface area contributed by atoms with Crippen LogP contribution in [0.1, 0.15) is 23.0 Å². The molecule has 1 amide bonds. The number of thiophene rings is 1. The zero-order chi connectivity index (χ0) is 17.0. The summed E-state index contributed by atoms with van der Waals surface area (Å²) in [4.78, 5) is 12.2. The SMILES string of the molecule is CCCNC(=O)c1cc(S(=O)(=O)N(C)c2ccc(F)cc2)cs1. The molecule has 0 unspecified atom stereocenters. The molecule has 0 saturated carbocycles. The van der Waals surface area contributed by atoms with Crippen LogP contribution in [-0.2, 0) is 10.0 Å². The maximum absolute atomic E-state index is 13.0. The largest absolute Gasteiger partial charge is 0.351 e. The highest BCUT2D eigenvalue weighted by atomic mass is 32.2. The van der Waals surface area contributed by atoms with Crippen molar-refractivity contribution in [2.24, 2.45) is 0 Å². The first kappa shape index (κ1) is 17.4. The third-order valence-corrected chi connectivity index (χ3v) is 6.02. The van der Waals surface area contributed by atoms with Gasteiger partial charge in [0.1, 0.15) is 5.82 Å². The molecule has 0 aliphatic rings. The van der Waals surface area contributed by atoms with Crippen LogP contribution in [0.25, 0.3) is 0 Å². The van der Waals surface area contributed by atoms with Crippen molar-refractivity contribution in [2.45, 2.75) is 18.2 Å². The molecule has 2 aromatic rings. The minimum absolute atomic E-state index is 0.0379. The zero-order valence-electron chi connectivity index (χ0n) is 12.7. The molecule has 5 nitrogen and oxygen atoms in total. The van der Waals surface area contributed by atoms with Gasteiger partial charge in [0.25, 0.3) is 15.9 Å². The van der Waals surface area contributed by atoms with Crippen molar-refractivity contribution in [3.63, 3.8) is 0 Å². The summed E-state index contributed by atoms with van der Waals surface area (Å²) in [5, 5.41) is 4.13. The highest BCUT2D eigenvalue weighted by Crippen LogP contribution is 2.26. The van der Waals surface area contributed by atoms with E-state index < -0.39 is 15.8 Å². The Morgan fingerprint density at radius 1 is 1.30 bits per heavy atom. The smallest absolute Gasteiger partial charge is 0.264 e. The third kappa shape index (κ3) is 3.89. The van der Waals surface area contributed by atoms with Crippen molar-refractivity contribution in [2.75, 3.05) is 17.9 Å². The van der Waals surface area contributed by atoms with Crippen LogP contribution in [0, 0.1) is 5.82 Å². The molecule has 0 radical (unpaired) electrons. The molecular weight excluding hydrogens is 339 g/mol. The fourth-order valence-corrected chi connectivity index (χ4v) is 4.22. The summed E-state index contributed by atoms with van der Waals surface area (Å²) in [5.41, 5.74) is 0.342. The van der Waals surface area contributed by atoms with Crippen LogP contribution in [0.15, 0.2) is 40.6 Å². The van der Waals surface area contributed by atoms with Crippen LogP contribution in [0.2, 0.25) is 0 Å². The molecule has 0 spiro atoms. The molecule has 0 aliphatic heterocycles. The average Bonchev–Trinajstić information content (AvgIpc) is 3.03. The summed E-state index contributed by atoms with van der Waals surface area (Å²) in [6.07, 6.45) is 0.801. The summed E-state index contributed by atoms with van der Waals surface area (Å²) in [6.45, 7) is 2.47. The van der Waals surface area contributed by atoms with E-state index in [1.807, 2.05) is 6.92 Å².